The summed E-state index contributed by atoms with van der Waals surface area (Å²) in [5.41, 5.74) is 1.05. The molecule has 0 radical (unpaired) electrons. The van der Waals surface area contributed by atoms with Crippen LogP contribution in [-0.2, 0) is 0 Å². The molecule has 0 unspecified atom stereocenters. The highest BCUT2D eigenvalue weighted by molar-refractivity contribution is 6.34. The Morgan fingerprint density at radius 3 is 2.21 bits per heavy atom. The number of fused-ring (bicyclic) bond motifs is 1. The molecule has 1 aliphatic rings. The lowest BCUT2D eigenvalue weighted by Crippen LogP contribution is -2.29. The number of anilines is 2. The number of carbonyl (C=O) groups is 4. The average molecular weight is 385 g/mol. The molecule has 1 heterocycles. The number of hydrogen-bond donors (Lipinski definition) is 1. The summed E-state index contributed by atoms with van der Waals surface area (Å²) in [7, 11) is 0. The molecule has 142 valence electrons. The van der Waals surface area contributed by atoms with Gasteiger partial charge < -0.3 is 15.2 Å². The fourth-order valence-corrected chi connectivity index (χ4v) is 3.12. The van der Waals surface area contributed by atoms with Crippen molar-refractivity contribution in [2.45, 2.75) is 0 Å². The molecule has 0 aliphatic carbocycles. The van der Waals surface area contributed by atoms with E-state index in [-0.39, 0.29) is 28.3 Å². The predicted octanol–water partition coefficient (Wildman–Crippen LogP) is 2.10. The number of nitrogens with zero attached hydrogens (tertiary/aromatic N) is 1. The summed E-state index contributed by atoms with van der Waals surface area (Å²) in [6.07, 6.45) is 0. The molecule has 0 saturated carbocycles. The number of hydrogen-bond acceptors (Lipinski definition) is 5. The highest BCUT2D eigenvalue weighted by Crippen LogP contribution is 2.30. The highest BCUT2D eigenvalue weighted by atomic mass is 16.4. The van der Waals surface area contributed by atoms with E-state index in [2.05, 4.69) is 5.32 Å². The third-order valence-corrected chi connectivity index (χ3v) is 4.52. The standard InChI is InChI=1S/C22H14N2O5/c25-19(13-5-2-1-3-6-13)23-15-7-4-8-16(12-15)24-20(26)17-10-9-14(22(28)29)11-18(17)21(24)27/h1-12H,(H,23,25)(H,28,29)/p-1. The first-order valence-electron chi connectivity index (χ1n) is 8.66. The third-order valence-electron chi connectivity index (χ3n) is 4.52. The van der Waals surface area contributed by atoms with Crippen LogP contribution in [0.1, 0.15) is 41.4 Å². The highest BCUT2D eigenvalue weighted by Gasteiger charge is 2.37. The Labute approximate surface area is 165 Å². The van der Waals surface area contributed by atoms with Crippen molar-refractivity contribution in [1.82, 2.24) is 0 Å². The quantitative estimate of drug-likeness (QED) is 0.692. The van der Waals surface area contributed by atoms with Crippen LogP contribution in [0, 0.1) is 0 Å². The number of rotatable bonds is 4. The van der Waals surface area contributed by atoms with Crippen molar-refractivity contribution < 1.29 is 24.3 Å². The lowest BCUT2D eigenvalue weighted by Gasteiger charge is -2.15. The van der Waals surface area contributed by atoms with E-state index in [1.807, 2.05) is 0 Å². The first-order valence-corrected chi connectivity index (χ1v) is 8.66. The van der Waals surface area contributed by atoms with Crippen molar-refractivity contribution in [3.05, 3.63) is 95.1 Å². The molecule has 29 heavy (non-hydrogen) atoms. The molecule has 0 saturated heterocycles. The van der Waals surface area contributed by atoms with Crippen molar-refractivity contribution >= 4 is 35.1 Å². The van der Waals surface area contributed by atoms with Crippen molar-refractivity contribution in [3.8, 4) is 0 Å². The van der Waals surface area contributed by atoms with Crippen LogP contribution >= 0.6 is 0 Å². The van der Waals surface area contributed by atoms with Gasteiger partial charge in [-0.15, -0.1) is 0 Å². The Morgan fingerprint density at radius 2 is 1.48 bits per heavy atom. The molecule has 3 amide bonds. The van der Waals surface area contributed by atoms with Gasteiger partial charge in [0.2, 0.25) is 0 Å². The van der Waals surface area contributed by atoms with Gasteiger partial charge in [-0.2, -0.15) is 0 Å². The fraction of sp³-hybridized carbons (Fsp3) is 0. The summed E-state index contributed by atoms with van der Waals surface area (Å²) < 4.78 is 0. The first-order chi connectivity index (χ1) is 14.0. The van der Waals surface area contributed by atoms with Crippen molar-refractivity contribution in [3.63, 3.8) is 0 Å². The second-order valence-electron chi connectivity index (χ2n) is 6.36. The molecule has 3 aromatic rings. The molecule has 0 atom stereocenters. The lowest BCUT2D eigenvalue weighted by molar-refractivity contribution is -0.255. The number of aromatic carboxylic acids is 1. The summed E-state index contributed by atoms with van der Waals surface area (Å²) in [4.78, 5) is 49.8. The van der Waals surface area contributed by atoms with Crippen LogP contribution < -0.4 is 15.3 Å². The van der Waals surface area contributed by atoms with Crippen molar-refractivity contribution in [2.75, 3.05) is 10.2 Å². The molecule has 4 rings (SSSR count). The van der Waals surface area contributed by atoms with Gasteiger partial charge in [0, 0.05) is 11.3 Å². The van der Waals surface area contributed by atoms with E-state index in [9.17, 15) is 24.3 Å². The van der Waals surface area contributed by atoms with E-state index in [0.717, 1.165) is 11.0 Å². The van der Waals surface area contributed by atoms with Gasteiger partial charge in [-0.1, -0.05) is 30.3 Å². The first kappa shape index (κ1) is 18.1. The van der Waals surface area contributed by atoms with Crippen LogP contribution in [0.4, 0.5) is 11.4 Å². The van der Waals surface area contributed by atoms with Crippen molar-refractivity contribution in [2.24, 2.45) is 0 Å². The molecule has 1 N–H and O–H groups in total. The van der Waals surface area contributed by atoms with Crippen LogP contribution in [0.3, 0.4) is 0 Å². The Kier molecular flexibility index (Phi) is 4.40. The van der Waals surface area contributed by atoms with Gasteiger partial charge in [0.1, 0.15) is 0 Å². The summed E-state index contributed by atoms with van der Waals surface area (Å²) in [6, 6.07) is 18.6. The van der Waals surface area contributed by atoms with Gasteiger partial charge in [0.05, 0.1) is 22.8 Å². The number of amides is 3. The molecule has 0 spiro atoms. The molecule has 7 heteroatoms. The van der Waals surface area contributed by atoms with Crippen LogP contribution in [0.2, 0.25) is 0 Å². The van der Waals surface area contributed by atoms with Gasteiger partial charge in [-0.25, -0.2) is 4.90 Å². The van der Waals surface area contributed by atoms with Crippen LogP contribution in [0.5, 0.6) is 0 Å². The van der Waals surface area contributed by atoms with Crippen molar-refractivity contribution in [1.29, 1.82) is 0 Å². The Bertz CT molecular complexity index is 1170. The zero-order chi connectivity index (χ0) is 20.5. The zero-order valence-corrected chi connectivity index (χ0v) is 14.9. The maximum absolute atomic E-state index is 12.7. The number of carboxylic acids is 1. The summed E-state index contributed by atoms with van der Waals surface area (Å²) in [5, 5.41) is 13.8. The SMILES string of the molecule is O=C([O-])c1ccc2c(c1)C(=O)N(c1cccc(NC(=O)c3ccccc3)c1)C2=O. The molecular formula is C22H13N2O5-. The van der Waals surface area contributed by atoms with E-state index in [4.69, 9.17) is 0 Å². The minimum Gasteiger partial charge on any atom is -0.545 e. The van der Waals surface area contributed by atoms with Crippen LogP contribution in [-0.4, -0.2) is 23.7 Å². The summed E-state index contributed by atoms with van der Waals surface area (Å²) in [6.45, 7) is 0. The van der Waals surface area contributed by atoms with Gasteiger partial charge >= 0.3 is 0 Å². The Hall–Kier alpha value is -4.26. The number of carbonyl (C=O) groups excluding carboxylic acids is 4. The third kappa shape index (κ3) is 3.25. The topological polar surface area (TPSA) is 107 Å². The summed E-state index contributed by atoms with van der Waals surface area (Å²) >= 11 is 0. The number of carboxylic acid groups (broad SMARTS) is 1. The summed E-state index contributed by atoms with van der Waals surface area (Å²) in [5.74, 6) is -2.97. The van der Waals surface area contributed by atoms with E-state index in [1.54, 1.807) is 48.5 Å². The van der Waals surface area contributed by atoms with Gasteiger partial charge in [-0.3, -0.25) is 14.4 Å². The molecule has 1 aliphatic heterocycles. The second kappa shape index (κ2) is 7.05. The van der Waals surface area contributed by atoms with Gasteiger partial charge in [-0.05, 0) is 48.0 Å². The van der Waals surface area contributed by atoms with Gasteiger partial charge in [0.15, 0.2) is 0 Å². The van der Waals surface area contributed by atoms with Gasteiger partial charge in [0.25, 0.3) is 17.7 Å². The monoisotopic (exact) mass is 385 g/mol. The molecular weight excluding hydrogens is 372 g/mol. The fourth-order valence-electron chi connectivity index (χ4n) is 3.12. The number of nitrogens with one attached hydrogen (secondary N) is 1. The minimum atomic E-state index is -1.43. The maximum Gasteiger partial charge on any atom is 0.266 e. The van der Waals surface area contributed by atoms with E-state index >= 15 is 0 Å². The lowest BCUT2D eigenvalue weighted by atomic mass is 10.1. The van der Waals surface area contributed by atoms with Crippen LogP contribution in [0.25, 0.3) is 0 Å². The average Bonchev–Trinajstić information content (AvgIpc) is 2.98. The minimum absolute atomic E-state index is 0.00424. The molecule has 0 bridgehead atoms. The Balaban J connectivity index is 1.63. The maximum atomic E-state index is 12.7. The van der Waals surface area contributed by atoms with E-state index in [1.165, 1.54) is 18.2 Å². The van der Waals surface area contributed by atoms with E-state index in [0.29, 0.717) is 11.3 Å². The largest absolute Gasteiger partial charge is 0.545 e. The molecule has 0 aromatic heterocycles. The normalized spacial score (nSPS) is 12.6. The molecule has 0 fully saturated rings. The smallest absolute Gasteiger partial charge is 0.266 e. The van der Waals surface area contributed by atoms with Crippen LogP contribution in [0.15, 0.2) is 72.8 Å². The number of benzene rings is 3. The van der Waals surface area contributed by atoms with E-state index < -0.39 is 17.8 Å². The molecule has 3 aromatic carbocycles. The molecule has 7 nitrogen and oxygen atoms in total. The number of imide groups is 1. The Morgan fingerprint density at radius 1 is 0.759 bits per heavy atom. The zero-order valence-electron chi connectivity index (χ0n) is 14.9. The predicted molar refractivity (Wildman–Crippen MR) is 103 cm³/mol. The second-order valence-corrected chi connectivity index (χ2v) is 6.36.